The molecule has 0 saturated heterocycles. The number of aryl methyl sites for hydroxylation is 1. The summed E-state index contributed by atoms with van der Waals surface area (Å²) in [4.78, 5) is 10.2. The summed E-state index contributed by atoms with van der Waals surface area (Å²) in [6.45, 7) is 2.86. The molecule has 1 aromatic rings. The second kappa shape index (κ2) is 2.49. The maximum atomic E-state index is 13.1. The molecule has 1 unspecified atom stereocenters. The average Bonchev–Trinajstić information content (AvgIpc) is 2.36. The predicted molar refractivity (Wildman–Crippen MR) is 38.0 cm³/mol. The van der Waals surface area contributed by atoms with E-state index in [1.54, 1.807) is 13.0 Å². The Balaban J connectivity index is 3.01. The van der Waals surface area contributed by atoms with Gasteiger partial charge in [-0.05, 0) is 26.0 Å². The molecule has 0 aromatic carbocycles. The van der Waals surface area contributed by atoms with Gasteiger partial charge in [0.15, 0.2) is 6.29 Å². The third kappa shape index (κ3) is 1.48. The topological polar surface area (TPSA) is 30.2 Å². The van der Waals surface area contributed by atoms with Crippen LogP contribution in [-0.4, -0.2) is 6.29 Å². The van der Waals surface area contributed by atoms with E-state index in [1.165, 1.54) is 6.07 Å². The van der Waals surface area contributed by atoms with E-state index in [0.717, 1.165) is 6.92 Å². The highest BCUT2D eigenvalue weighted by Gasteiger charge is 2.28. The van der Waals surface area contributed by atoms with Crippen LogP contribution in [-0.2, 0) is 10.5 Å². The van der Waals surface area contributed by atoms with Gasteiger partial charge >= 0.3 is 0 Å². The third-order valence-corrected chi connectivity index (χ3v) is 1.44. The monoisotopic (exact) mass is 156 g/mol. The Morgan fingerprint density at radius 3 is 2.64 bits per heavy atom. The smallest absolute Gasteiger partial charge is 0.219 e. The predicted octanol–water partition coefficient (Wildman–Crippen LogP) is 1.97. The van der Waals surface area contributed by atoms with Crippen molar-refractivity contribution in [1.29, 1.82) is 0 Å². The first kappa shape index (κ1) is 7.98. The molecule has 1 rings (SSSR count). The van der Waals surface area contributed by atoms with Gasteiger partial charge in [-0.2, -0.15) is 0 Å². The summed E-state index contributed by atoms with van der Waals surface area (Å²) in [5, 5.41) is 0. The van der Waals surface area contributed by atoms with Crippen LogP contribution in [0.3, 0.4) is 0 Å². The molecule has 1 atom stereocenters. The van der Waals surface area contributed by atoms with Crippen LogP contribution in [0.2, 0.25) is 0 Å². The van der Waals surface area contributed by atoms with Gasteiger partial charge in [0.05, 0.1) is 0 Å². The van der Waals surface area contributed by atoms with Crippen LogP contribution >= 0.6 is 0 Å². The molecule has 1 heterocycles. The molecule has 0 saturated carbocycles. The van der Waals surface area contributed by atoms with E-state index in [-0.39, 0.29) is 12.0 Å². The van der Waals surface area contributed by atoms with Crippen LogP contribution in [0.25, 0.3) is 0 Å². The molecule has 0 amide bonds. The van der Waals surface area contributed by atoms with E-state index in [2.05, 4.69) is 0 Å². The minimum absolute atomic E-state index is 0.0602. The Morgan fingerprint density at radius 1 is 1.64 bits per heavy atom. The van der Waals surface area contributed by atoms with E-state index in [0.29, 0.717) is 5.76 Å². The molecule has 0 N–H and O–H groups in total. The molecule has 60 valence electrons. The fourth-order valence-corrected chi connectivity index (χ4v) is 0.755. The molecule has 0 radical (unpaired) electrons. The number of halogens is 1. The molecule has 1 aromatic heterocycles. The van der Waals surface area contributed by atoms with Crippen LogP contribution in [0.5, 0.6) is 0 Å². The summed E-state index contributed by atoms with van der Waals surface area (Å²) in [5.41, 5.74) is -1.99. The van der Waals surface area contributed by atoms with Gasteiger partial charge in [0, 0.05) is 0 Å². The SMILES string of the molecule is Cc1ccc(C(C)(F)C=O)o1. The summed E-state index contributed by atoms with van der Waals surface area (Å²) in [5.74, 6) is 0.663. The molecular weight excluding hydrogens is 147 g/mol. The second-order valence-corrected chi connectivity index (χ2v) is 2.60. The van der Waals surface area contributed by atoms with Crippen molar-refractivity contribution in [2.75, 3.05) is 0 Å². The van der Waals surface area contributed by atoms with Crippen molar-refractivity contribution in [1.82, 2.24) is 0 Å². The summed E-state index contributed by atoms with van der Waals surface area (Å²) < 4.78 is 18.0. The highest BCUT2D eigenvalue weighted by Crippen LogP contribution is 2.24. The zero-order valence-electron chi connectivity index (χ0n) is 6.43. The van der Waals surface area contributed by atoms with E-state index < -0.39 is 5.67 Å². The van der Waals surface area contributed by atoms with Crippen molar-refractivity contribution in [2.45, 2.75) is 19.5 Å². The zero-order valence-corrected chi connectivity index (χ0v) is 6.43. The molecule has 11 heavy (non-hydrogen) atoms. The number of hydrogen-bond acceptors (Lipinski definition) is 2. The van der Waals surface area contributed by atoms with Gasteiger partial charge < -0.3 is 4.42 Å². The number of rotatable bonds is 2. The maximum Gasteiger partial charge on any atom is 0.219 e. The van der Waals surface area contributed by atoms with Crippen LogP contribution in [0.4, 0.5) is 4.39 Å². The molecule has 2 nitrogen and oxygen atoms in total. The van der Waals surface area contributed by atoms with Gasteiger partial charge in [0.1, 0.15) is 11.5 Å². The fourth-order valence-electron chi connectivity index (χ4n) is 0.755. The fraction of sp³-hybridized carbons (Fsp3) is 0.375. The van der Waals surface area contributed by atoms with Crippen LogP contribution in [0.1, 0.15) is 18.4 Å². The highest BCUT2D eigenvalue weighted by atomic mass is 19.1. The van der Waals surface area contributed by atoms with Gasteiger partial charge in [-0.1, -0.05) is 0 Å². The van der Waals surface area contributed by atoms with E-state index in [4.69, 9.17) is 4.42 Å². The Hall–Kier alpha value is -1.12. The van der Waals surface area contributed by atoms with Gasteiger partial charge in [-0.25, -0.2) is 4.39 Å². The normalized spacial score (nSPS) is 15.9. The Labute approximate surface area is 64.0 Å². The number of furan rings is 1. The lowest BCUT2D eigenvalue weighted by molar-refractivity contribution is -0.118. The van der Waals surface area contributed by atoms with E-state index in [9.17, 15) is 9.18 Å². The summed E-state index contributed by atoms with van der Waals surface area (Å²) >= 11 is 0. The number of alkyl halides is 1. The molecule has 0 spiro atoms. The van der Waals surface area contributed by atoms with Gasteiger partial charge in [-0.3, -0.25) is 4.79 Å². The Kier molecular flexibility index (Phi) is 1.81. The van der Waals surface area contributed by atoms with Crippen molar-refractivity contribution < 1.29 is 13.6 Å². The second-order valence-electron chi connectivity index (χ2n) is 2.60. The van der Waals surface area contributed by atoms with Gasteiger partial charge in [-0.15, -0.1) is 0 Å². The van der Waals surface area contributed by atoms with Crippen molar-refractivity contribution in [2.24, 2.45) is 0 Å². The molecule has 0 aliphatic carbocycles. The van der Waals surface area contributed by atoms with Gasteiger partial charge in [0.2, 0.25) is 5.67 Å². The third-order valence-electron chi connectivity index (χ3n) is 1.44. The molecule has 0 bridgehead atoms. The van der Waals surface area contributed by atoms with Crippen LogP contribution in [0, 0.1) is 6.92 Å². The van der Waals surface area contributed by atoms with Crippen molar-refractivity contribution >= 4 is 6.29 Å². The van der Waals surface area contributed by atoms with E-state index in [1.807, 2.05) is 0 Å². The standard InChI is InChI=1S/C8H9FO2/c1-6-3-4-7(11-6)8(2,9)5-10/h3-5H,1-2H3. The molecule has 0 aliphatic rings. The lowest BCUT2D eigenvalue weighted by Crippen LogP contribution is -2.15. The highest BCUT2D eigenvalue weighted by molar-refractivity contribution is 5.63. The van der Waals surface area contributed by atoms with Crippen molar-refractivity contribution in [3.63, 3.8) is 0 Å². The number of carbonyl (C=O) groups is 1. The lowest BCUT2D eigenvalue weighted by Gasteiger charge is -2.07. The largest absolute Gasteiger partial charge is 0.462 e. The summed E-state index contributed by atoms with van der Waals surface area (Å²) in [7, 11) is 0. The first-order valence-electron chi connectivity index (χ1n) is 3.28. The molecular formula is C8H9FO2. The Bertz CT molecular complexity index is 263. The van der Waals surface area contributed by atoms with Crippen molar-refractivity contribution in [3.05, 3.63) is 23.7 Å². The minimum atomic E-state index is -1.99. The van der Waals surface area contributed by atoms with Crippen LogP contribution < -0.4 is 0 Å². The Morgan fingerprint density at radius 2 is 2.27 bits per heavy atom. The lowest BCUT2D eigenvalue weighted by atomic mass is 10.1. The average molecular weight is 156 g/mol. The maximum absolute atomic E-state index is 13.1. The van der Waals surface area contributed by atoms with Crippen molar-refractivity contribution in [3.8, 4) is 0 Å². The molecule has 0 fully saturated rings. The first-order valence-corrected chi connectivity index (χ1v) is 3.28. The molecule has 0 aliphatic heterocycles. The molecule has 3 heteroatoms. The quantitative estimate of drug-likeness (QED) is 0.613. The number of hydrogen-bond donors (Lipinski definition) is 0. The number of aldehydes is 1. The summed E-state index contributed by atoms with van der Waals surface area (Å²) in [6, 6.07) is 3.08. The first-order chi connectivity index (χ1) is 5.06. The van der Waals surface area contributed by atoms with Crippen LogP contribution in [0.15, 0.2) is 16.5 Å². The van der Waals surface area contributed by atoms with Gasteiger partial charge in [0.25, 0.3) is 0 Å². The minimum Gasteiger partial charge on any atom is -0.462 e. The zero-order chi connectivity index (χ0) is 8.48. The summed E-state index contributed by atoms with van der Waals surface area (Å²) in [6.07, 6.45) is 0.227. The van der Waals surface area contributed by atoms with E-state index >= 15 is 0 Å². The number of carbonyl (C=O) groups excluding carboxylic acids is 1.